The largest absolute Gasteiger partial charge is 0.465 e. The zero-order valence-corrected chi connectivity index (χ0v) is 9.90. The lowest BCUT2D eigenvalue weighted by Gasteiger charge is -2.33. The van der Waals surface area contributed by atoms with E-state index in [-0.39, 0.29) is 11.5 Å². The molecule has 16 heavy (non-hydrogen) atoms. The Balaban J connectivity index is 2.39. The lowest BCUT2D eigenvalue weighted by Crippen LogP contribution is -2.45. The van der Waals surface area contributed by atoms with Crippen LogP contribution in [-0.4, -0.2) is 29.2 Å². The Kier molecular flexibility index (Phi) is 2.41. The van der Waals surface area contributed by atoms with Gasteiger partial charge in [0.25, 0.3) is 0 Å². The quantitative estimate of drug-likeness (QED) is 0.788. The predicted octanol–water partition coefficient (Wildman–Crippen LogP) is 2.50. The Morgan fingerprint density at radius 1 is 1.44 bits per heavy atom. The second-order valence-corrected chi connectivity index (χ2v) is 4.99. The van der Waals surface area contributed by atoms with Crippen LogP contribution in [0.25, 0.3) is 0 Å². The Labute approximate surface area is 95.7 Å². The van der Waals surface area contributed by atoms with Crippen molar-refractivity contribution in [2.75, 3.05) is 7.05 Å². The summed E-state index contributed by atoms with van der Waals surface area (Å²) in [6, 6.07) is 8.25. The molecule has 1 unspecified atom stereocenters. The molecule has 0 aliphatic heterocycles. The third-order valence-corrected chi connectivity index (χ3v) is 3.73. The molecule has 0 bridgehead atoms. The number of rotatable bonds is 1. The number of fused-ring (bicyclic) bond motifs is 1. The Morgan fingerprint density at radius 3 is 2.62 bits per heavy atom. The summed E-state index contributed by atoms with van der Waals surface area (Å²) < 4.78 is 0. The first-order valence-electron chi connectivity index (χ1n) is 5.48. The van der Waals surface area contributed by atoms with E-state index in [1.54, 1.807) is 7.05 Å². The van der Waals surface area contributed by atoms with Gasteiger partial charge in [-0.25, -0.2) is 4.79 Å². The van der Waals surface area contributed by atoms with E-state index < -0.39 is 6.09 Å². The molecule has 1 aromatic carbocycles. The Morgan fingerprint density at radius 2 is 2.06 bits per heavy atom. The fourth-order valence-electron chi connectivity index (χ4n) is 2.72. The molecular formula is C13H17NO2. The topological polar surface area (TPSA) is 40.5 Å². The molecule has 0 saturated carbocycles. The van der Waals surface area contributed by atoms with Gasteiger partial charge in [0.05, 0.1) is 0 Å². The molecule has 1 aromatic rings. The number of hydrogen-bond acceptors (Lipinski definition) is 1. The van der Waals surface area contributed by atoms with Crippen LogP contribution in [-0.2, 0) is 11.8 Å². The average Bonchev–Trinajstić information content (AvgIpc) is 2.50. The van der Waals surface area contributed by atoms with Crippen LogP contribution in [0.1, 0.15) is 25.0 Å². The highest BCUT2D eigenvalue weighted by Gasteiger charge is 2.42. The van der Waals surface area contributed by atoms with E-state index in [0.29, 0.717) is 0 Å². The van der Waals surface area contributed by atoms with Crippen LogP contribution >= 0.6 is 0 Å². The zero-order valence-electron chi connectivity index (χ0n) is 9.90. The summed E-state index contributed by atoms with van der Waals surface area (Å²) >= 11 is 0. The summed E-state index contributed by atoms with van der Waals surface area (Å²) in [5.41, 5.74) is 2.43. The Bertz CT molecular complexity index is 426. The number of benzene rings is 1. The van der Waals surface area contributed by atoms with Crippen LogP contribution in [0.3, 0.4) is 0 Å². The zero-order chi connectivity index (χ0) is 11.9. The second kappa shape index (κ2) is 3.51. The van der Waals surface area contributed by atoms with Gasteiger partial charge in [0, 0.05) is 18.5 Å². The van der Waals surface area contributed by atoms with Crippen molar-refractivity contribution >= 4 is 6.09 Å². The van der Waals surface area contributed by atoms with Crippen LogP contribution in [0, 0.1) is 0 Å². The van der Waals surface area contributed by atoms with Gasteiger partial charge in [0.15, 0.2) is 0 Å². The molecule has 3 heteroatoms. The molecule has 2 rings (SSSR count). The summed E-state index contributed by atoms with van der Waals surface area (Å²) in [7, 11) is 1.65. The molecule has 1 aliphatic rings. The van der Waals surface area contributed by atoms with Crippen molar-refractivity contribution in [2.24, 2.45) is 0 Å². The Hall–Kier alpha value is -1.51. The maximum atomic E-state index is 11.1. The molecular weight excluding hydrogens is 202 g/mol. The number of likely N-dealkylation sites (N-methyl/N-ethyl adjacent to an activating group) is 1. The van der Waals surface area contributed by atoms with Crippen LogP contribution in [0.2, 0.25) is 0 Å². The minimum Gasteiger partial charge on any atom is -0.465 e. The van der Waals surface area contributed by atoms with E-state index >= 15 is 0 Å². The van der Waals surface area contributed by atoms with Crippen molar-refractivity contribution in [1.82, 2.24) is 4.90 Å². The number of carboxylic acid groups (broad SMARTS) is 1. The third-order valence-electron chi connectivity index (χ3n) is 3.73. The maximum absolute atomic E-state index is 11.1. The van der Waals surface area contributed by atoms with Crippen molar-refractivity contribution in [3.63, 3.8) is 0 Å². The molecule has 0 saturated heterocycles. The first kappa shape index (κ1) is 11.0. The van der Waals surface area contributed by atoms with Gasteiger partial charge in [0.1, 0.15) is 0 Å². The van der Waals surface area contributed by atoms with Gasteiger partial charge in [-0.05, 0) is 17.5 Å². The molecule has 0 fully saturated rings. The highest BCUT2D eigenvalue weighted by atomic mass is 16.4. The summed E-state index contributed by atoms with van der Waals surface area (Å²) in [6.45, 7) is 4.23. The standard InChI is InChI=1S/C13H17NO2/c1-13(2)10-7-5-4-6-9(10)8-11(13)14(3)12(15)16/h4-7,11H,8H2,1-3H3,(H,15,16). The maximum Gasteiger partial charge on any atom is 0.407 e. The molecule has 0 heterocycles. The fourth-order valence-corrected chi connectivity index (χ4v) is 2.72. The number of amides is 1. The summed E-state index contributed by atoms with van der Waals surface area (Å²) in [5, 5.41) is 9.08. The molecule has 86 valence electrons. The van der Waals surface area contributed by atoms with E-state index in [2.05, 4.69) is 26.0 Å². The normalized spacial score (nSPS) is 21.6. The monoisotopic (exact) mass is 219 g/mol. The first-order valence-corrected chi connectivity index (χ1v) is 5.48. The van der Waals surface area contributed by atoms with Gasteiger partial charge >= 0.3 is 6.09 Å². The van der Waals surface area contributed by atoms with Crippen LogP contribution in [0.5, 0.6) is 0 Å². The van der Waals surface area contributed by atoms with Gasteiger partial charge in [-0.2, -0.15) is 0 Å². The van der Waals surface area contributed by atoms with Gasteiger partial charge < -0.3 is 10.0 Å². The molecule has 1 aliphatic carbocycles. The molecule has 0 aromatic heterocycles. The van der Waals surface area contributed by atoms with E-state index in [4.69, 9.17) is 5.11 Å². The molecule has 0 spiro atoms. The van der Waals surface area contributed by atoms with E-state index in [0.717, 1.165) is 6.42 Å². The molecule has 1 amide bonds. The van der Waals surface area contributed by atoms with Crippen molar-refractivity contribution in [2.45, 2.75) is 31.7 Å². The summed E-state index contributed by atoms with van der Waals surface area (Å²) in [5.74, 6) is 0. The van der Waals surface area contributed by atoms with Crippen molar-refractivity contribution in [3.05, 3.63) is 35.4 Å². The van der Waals surface area contributed by atoms with E-state index in [1.807, 2.05) is 12.1 Å². The third kappa shape index (κ3) is 1.47. The molecule has 0 radical (unpaired) electrons. The first-order chi connectivity index (χ1) is 7.44. The SMILES string of the molecule is CN(C(=O)O)C1Cc2ccccc2C1(C)C. The van der Waals surface area contributed by atoms with Gasteiger partial charge in [-0.15, -0.1) is 0 Å². The fraction of sp³-hybridized carbons (Fsp3) is 0.462. The summed E-state index contributed by atoms with van der Waals surface area (Å²) in [4.78, 5) is 12.5. The van der Waals surface area contributed by atoms with Crippen molar-refractivity contribution < 1.29 is 9.90 Å². The van der Waals surface area contributed by atoms with Gasteiger partial charge in [0.2, 0.25) is 0 Å². The minimum atomic E-state index is -0.856. The van der Waals surface area contributed by atoms with E-state index in [1.165, 1.54) is 16.0 Å². The minimum absolute atomic E-state index is 0.0300. The van der Waals surface area contributed by atoms with Crippen LogP contribution in [0.4, 0.5) is 4.79 Å². The van der Waals surface area contributed by atoms with Gasteiger partial charge in [-0.1, -0.05) is 38.1 Å². The number of hydrogen-bond donors (Lipinski definition) is 1. The smallest absolute Gasteiger partial charge is 0.407 e. The summed E-state index contributed by atoms with van der Waals surface area (Å²) in [6.07, 6.45) is -0.0442. The van der Waals surface area contributed by atoms with Gasteiger partial charge in [-0.3, -0.25) is 0 Å². The van der Waals surface area contributed by atoms with Crippen LogP contribution < -0.4 is 0 Å². The molecule has 1 N–H and O–H groups in total. The van der Waals surface area contributed by atoms with E-state index in [9.17, 15) is 4.79 Å². The average molecular weight is 219 g/mol. The number of nitrogens with zero attached hydrogens (tertiary/aromatic N) is 1. The predicted molar refractivity (Wildman–Crippen MR) is 62.7 cm³/mol. The number of carbonyl (C=O) groups is 1. The van der Waals surface area contributed by atoms with Crippen molar-refractivity contribution in [1.29, 1.82) is 0 Å². The van der Waals surface area contributed by atoms with Crippen LogP contribution in [0.15, 0.2) is 24.3 Å². The molecule has 3 nitrogen and oxygen atoms in total. The highest BCUT2D eigenvalue weighted by Crippen LogP contribution is 2.40. The molecule has 1 atom stereocenters. The lowest BCUT2D eigenvalue weighted by molar-refractivity contribution is 0.122. The second-order valence-electron chi connectivity index (χ2n) is 4.99. The van der Waals surface area contributed by atoms with Crippen molar-refractivity contribution in [3.8, 4) is 0 Å². The lowest BCUT2D eigenvalue weighted by atomic mass is 9.82. The highest BCUT2D eigenvalue weighted by molar-refractivity contribution is 5.66.